The minimum Gasteiger partial charge on any atom is -0.487 e. The Morgan fingerprint density at radius 1 is 1.00 bits per heavy atom. The summed E-state index contributed by atoms with van der Waals surface area (Å²) in [6.07, 6.45) is 6.00. The van der Waals surface area contributed by atoms with E-state index in [1.54, 1.807) is 24.4 Å². The lowest BCUT2D eigenvalue weighted by Gasteiger charge is -2.39. The number of amides is 1. The molecule has 64 heavy (non-hydrogen) atoms. The molecule has 9 rings (SSSR count). The number of hydrogen-bond acceptors (Lipinski definition) is 12. The molecule has 0 radical (unpaired) electrons. The van der Waals surface area contributed by atoms with Crippen molar-refractivity contribution in [3.8, 4) is 17.2 Å². The normalized spacial score (nSPS) is 23.4. The highest BCUT2D eigenvalue weighted by Crippen LogP contribution is 2.49. The van der Waals surface area contributed by atoms with Gasteiger partial charge in [0.2, 0.25) is 0 Å². The van der Waals surface area contributed by atoms with E-state index in [0.717, 1.165) is 67.1 Å². The molecule has 3 fully saturated rings. The number of sulfonamides is 1. The Hall–Kier alpha value is -5.52. The zero-order valence-electron chi connectivity index (χ0n) is 35.6. The maximum atomic E-state index is 13.9. The highest BCUT2D eigenvalue weighted by atomic mass is 35.5. The SMILES string of the molecule is CC1(C)CCC(CN2CCN(c3ccc(C(=O)NS(=O)(=O)c4ccc(OCC5C[C@@H]6C[C@H]5[C@H](O)[C@H]6O)c([N+](=O)[O-])c4)c(Oc4cnc5[nH]ccc5c4)c3)CC2)=C(c2ccc(Cl)cc2)C1. The van der Waals surface area contributed by atoms with Crippen molar-refractivity contribution in [2.45, 2.75) is 63.1 Å². The van der Waals surface area contributed by atoms with Crippen molar-refractivity contribution in [2.24, 2.45) is 23.2 Å². The molecule has 3 aliphatic carbocycles. The van der Waals surface area contributed by atoms with Gasteiger partial charge >= 0.3 is 5.69 Å². The van der Waals surface area contributed by atoms with Crippen LogP contribution < -0.4 is 19.1 Å². The lowest BCUT2D eigenvalue weighted by Crippen LogP contribution is -2.47. The molecule has 2 aromatic heterocycles. The summed E-state index contributed by atoms with van der Waals surface area (Å²) in [7, 11) is -4.64. The summed E-state index contributed by atoms with van der Waals surface area (Å²) in [6, 6.07) is 19.9. The number of nitro benzene ring substituents is 1. The van der Waals surface area contributed by atoms with E-state index >= 15 is 0 Å². The Bertz CT molecular complexity index is 2730. The number of hydrogen-bond donors (Lipinski definition) is 4. The van der Waals surface area contributed by atoms with Gasteiger partial charge in [0, 0.05) is 67.1 Å². The summed E-state index contributed by atoms with van der Waals surface area (Å²) in [5.74, 6) is -1.09. The van der Waals surface area contributed by atoms with Crippen molar-refractivity contribution in [1.82, 2.24) is 19.6 Å². The second kappa shape index (κ2) is 17.5. The predicted molar refractivity (Wildman–Crippen MR) is 242 cm³/mol. The topological polar surface area (TPSA) is 200 Å². The van der Waals surface area contributed by atoms with Crippen LogP contribution in [0.2, 0.25) is 5.02 Å². The number of nitro groups is 1. The summed E-state index contributed by atoms with van der Waals surface area (Å²) in [4.78, 5) is 37.0. The summed E-state index contributed by atoms with van der Waals surface area (Å²) in [5.41, 5.74) is 5.05. The number of aromatic amines is 1. The summed E-state index contributed by atoms with van der Waals surface area (Å²) in [5, 5.41) is 34.1. The molecule has 17 heteroatoms. The molecule has 1 amide bonds. The van der Waals surface area contributed by atoms with Gasteiger partial charge < -0.3 is 29.6 Å². The largest absolute Gasteiger partial charge is 0.487 e. The first-order chi connectivity index (χ1) is 30.6. The number of piperazine rings is 1. The van der Waals surface area contributed by atoms with E-state index in [1.165, 1.54) is 35.0 Å². The Balaban J connectivity index is 0.920. The third-order valence-electron chi connectivity index (χ3n) is 13.5. The van der Waals surface area contributed by atoms with Gasteiger partial charge in [0.1, 0.15) is 17.1 Å². The molecule has 4 N–H and O–H groups in total. The average Bonchev–Trinajstić information content (AvgIpc) is 3.99. The highest BCUT2D eigenvalue weighted by Gasteiger charge is 2.51. The van der Waals surface area contributed by atoms with Crippen molar-refractivity contribution in [3.05, 3.63) is 117 Å². The molecule has 1 unspecified atom stereocenters. The number of aliphatic hydroxyl groups is 2. The molecule has 336 valence electrons. The number of nitrogens with zero attached hydrogens (tertiary/aromatic N) is 4. The molecule has 3 aromatic carbocycles. The third-order valence-corrected chi connectivity index (χ3v) is 15.1. The summed E-state index contributed by atoms with van der Waals surface area (Å²) >= 11 is 6.24. The number of aliphatic hydroxyl groups excluding tert-OH is 2. The van der Waals surface area contributed by atoms with Crippen molar-refractivity contribution in [3.63, 3.8) is 0 Å². The van der Waals surface area contributed by atoms with E-state index in [0.29, 0.717) is 37.3 Å². The molecule has 4 aliphatic rings. The molecule has 5 aromatic rings. The quantitative estimate of drug-likeness (QED) is 0.0668. The van der Waals surface area contributed by atoms with Crippen LogP contribution in [-0.2, 0) is 10.0 Å². The summed E-state index contributed by atoms with van der Waals surface area (Å²) < 4.78 is 41.6. The van der Waals surface area contributed by atoms with E-state index in [4.69, 9.17) is 21.1 Å². The second-order valence-corrected chi connectivity index (χ2v) is 20.4. The van der Waals surface area contributed by atoms with Gasteiger partial charge in [-0.25, -0.2) is 18.1 Å². The molecule has 2 bridgehead atoms. The van der Waals surface area contributed by atoms with Crippen LogP contribution in [0.1, 0.15) is 61.9 Å². The molecular formula is C47H51ClN6O9S. The van der Waals surface area contributed by atoms with Crippen molar-refractivity contribution < 1.29 is 37.8 Å². The van der Waals surface area contributed by atoms with Crippen LogP contribution in [-0.4, -0.2) is 95.9 Å². The zero-order chi connectivity index (χ0) is 44.9. The van der Waals surface area contributed by atoms with Crippen LogP contribution in [0.5, 0.6) is 17.2 Å². The molecule has 1 aliphatic heterocycles. The molecule has 2 saturated carbocycles. The fourth-order valence-electron chi connectivity index (χ4n) is 9.96. The molecule has 15 nitrogen and oxygen atoms in total. The van der Waals surface area contributed by atoms with Crippen LogP contribution >= 0.6 is 11.6 Å². The monoisotopic (exact) mass is 910 g/mol. The Labute approximate surface area is 376 Å². The average molecular weight is 911 g/mol. The maximum absolute atomic E-state index is 13.9. The second-order valence-electron chi connectivity index (χ2n) is 18.3. The fraction of sp³-hybridized carbons (Fsp3) is 0.404. The van der Waals surface area contributed by atoms with Gasteiger partial charge in [0.05, 0.1) is 40.4 Å². The van der Waals surface area contributed by atoms with Crippen LogP contribution in [0.4, 0.5) is 11.4 Å². The molecule has 0 spiro atoms. The Kier molecular flexibility index (Phi) is 11.9. The van der Waals surface area contributed by atoms with E-state index in [2.05, 4.69) is 50.5 Å². The number of H-pyrrole nitrogens is 1. The first-order valence-electron chi connectivity index (χ1n) is 21.6. The van der Waals surface area contributed by atoms with E-state index in [9.17, 15) is 33.5 Å². The van der Waals surface area contributed by atoms with Gasteiger partial charge in [-0.05, 0) is 115 Å². The number of rotatable bonds is 13. The number of ether oxygens (including phenoxy) is 2. The zero-order valence-corrected chi connectivity index (χ0v) is 37.1. The van der Waals surface area contributed by atoms with Crippen molar-refractivity contribution in [1.29, 1.82) is 0 Å². The van der Waals surface area contributed by atoms with Crippen LogP contribution in [0.15, 0.2) is 95.7 Å². The first kappa shape index (κ1) is 43.7. The van der Waals surface area contributed by atoms with Gasteiger partial charge in [-0.2, -0.15) is 0 Å². The van der Waals surface area contributed by atoms with Crippen LogP contribution in [0, 0.1) is 33.3 Å². The summed E-state index contributed by atoms with van der Waals surface area (Å²) in [6.45, 7) is 8.59. The number of halogens is 1. The number of fused-ring (bicyclic) bond motifs is 3. The van der Waals surface area contributed by atoms with Crippen molar-refractivity contribution >= 4 is 55.5 Å². The number of benzene rings is 3. The number of anilines is 1. The highest BCUT2D eigenvalue weighted by molar-refractivity contribution is 7.90. The number of aromatic nitrogens is 2. The van der Waals surface area contributed by atoms with Gasteiger partial charge in [-0.1, -0.05) is 43.2 Å². The first-order valence-corrected chi connectivity index (χ1v) is 23.5. The smallest absolute Gasteiger partial charge is 0.312 e. The number of carbonyl (C=O) groups excluding carboxylic acids is 1. The molecular weight excluding hydrogens is 860 g/mol. The van der Waals surface area contributed by atoms with Crippen molar-refractivity contribution in [2.75, 3.05) is 44.2 Å². The van der Waals surface area contributed by atoms with Crippen LogP contribution in [0.25, 0.3) is 16.6 Å². The minimum absolute atomic E-state index is 0.0540. The van der Waals surface area contributed by atoms with E-state index < -0.39 is 43.6 Å². The van der Waals surface area contributed by atoms with E-state index in [1.807, 2.05) is 18.2 Å². The molecule has 3 heterocycles. The number of nitrogens with one attached hydrogen (secondary N) is 2. The minimum atomic E-state index is -4.64. The number of pyridine rings is 1. The van der Waals surface area contributed by atoms with Gasteiger partial charge in [-0.15, -0.1) is 0 Å². The standard InChI is InChI=1S/C47H51ClN6O9S/c1-47(2)13-11-30(39(24-47)28-3-5-33(48)6-4-28)26-52-15-17-53(18-16-52)34-7-9-37(42(22-34)63-35-20-29-12-14-49-45(29)50-25-35)46(57)51-64(60,61)36-8-10-41(40(23-36)54(58)59)62-27-32-19-31-21-38(32)44(56)43(31)55/h3-10,12,14,20,22-23,25,31-32,38,43-44,55-56H,11,13,15-19,21,24,26-27H2,1-2H3,(H,49,50)(H,51,57)/t31-,32?,38-,43+,44+/m1/s1. The van der Waals surface area contributed by atoms with Gasteiger partial charge in [0.15, 0.2) is 5.75 Å². The lowest BCUT2D eigenvalue weighted by molar-refractivity contribution is -0.386. The molecule has 5 atom stereocenters. The van der Waals surface area contributed by atoms with E-state index in [-0.39, 0.29) is 46.8 Å². The Morgan fingerprint density at radius 2 is 1.78 bits per heavy atom. The van der Waals surface area contributed by atoms with Gasteiger partial charge in [0.25, 0.3) is 15.9 Å². The van der Waals surface area contributed by atoms with Crippen LogP contribution in [0.3, 0.4) is 0 Å². The van der Waals surface area contributed by atoms with Gasteiger partial charge in [-0.3, -0.25) is 19.8 Å². The Morgan fingerprint density at radius 3 is 2.52 bits per heavy atom. The third kappa shape index (κ3) is 9.07. The number of allylic oxidation sites excluding steroid dienone is 1. The number of carbonyl (C=O) groups is 1. The molecule has 1 saturated heterocycles. The predicted octanol–water partition coefficient (Wildman–Crippen LogP) is 7.58. The lowest BCUT2D eigenvalue weighted by atomic mass is 9.72. The fourth-order valence-corrected chi connectivity index (χ4v) is 11.1. The maximum Gasteiger partial charge on any atom is 0.312 e.